The molecule has 0 aliphatic heterocycles. The van der Waals surface area contributed by atoms with Crippen molar-refractivity contribution in [3.05, 3.63) is 11.6 Å². The van der Waals surface area contributed by atoms with E-state index in [0.29, 0.717) is 67.0 Å². The predicted molar refractivity (Wildman–Crippen MR) is 165 cm³/mol. The van der Waals surface area contributed by atoms with Gasteiger partial charge in [-0.2, -0.15) is 29.9 Å². The number of aromatic nitrogens is 6. The highest BCUT2D eigenvalue weighted by molar-refractivity contribution is 5.39. The Kier molecular flexibility index (Phi) is 12.0. The first-order valence-electron chi connectivity index (χ1n) is 15.9. The summed E-state index contributed by atoms with van der Waals surface area (Å²) >= 11 is 0. The van der Waals surface area contributed by atoms with Gasteiger partial charge in [0.15, 0.2) is 0 Å². The quantitative estimate of drug-likeness (QED) is 0.123. The van der Waals surface area contributed by atoms with E-state index in [2.05, 4.69) is 31.2 Å². The lowest BCUT2D eigenvalue weighted by atomic mass is 9.79. The fourth-order valence-electron chi connectivity index (χ4n) is 6.16. The number of aliphatic hydroxyl groups excluding tert-OH is 4. The summed E-state index contributed by atoms with van der Waals surface area (Å²) < 4.78 is 0. The van der Waals surface area contributed by atoms with Crippen molar-refractivity contribution in [1.82, 2.24) is 29.9 Å². The molecule has 0 saturated heterocycles. The molecule has 2 aromatic heterocycles. The Balaban J connectivity index is 1.67. The lowest BCUT2D eigenvalue weighted by Gasteiger charge is -2.29. The molecule has 6 unspecified atom stereocenters. The van der Waals surface area contributed by atoms with Crippen LogP contribution < -0.4 is 21.3 Å². The van der Waals surface area contributed by atoms with Crippen LogP contribution in [0.4, 0.5) is 23.8 Å². The van der Waals surface area contributed by atoms with E-state index in [4.69, 9.17) is 19.9 Å². The van der Waals surface area contributed by atoms with Gasteiger partial charge in [0.25, 0.3) is 0 Å². The second-order valence-corrected chi connectivity index (χ2v) is 11.9. The summed E-state index contributed by atoms with van der Waals surface area (Å²) in [5.41, 5.74) is 0. The van der Waals surface area contributed by atoms with Gasteiger partial charge in [0.1, 0.15) is 11.6 Å². The monoisotopic (exact) mass is 602 g/mol. The van der Waals surface area contributed by atoms with E-state index in [-0.39, 0.29) is 68.3 Å². The van der Waals surface area contributed by atoms with Crippen LogP contribution in [-0.4, -0.2) is 101 Å². The number of aliphatic hydroxyl groups is 4. The Morgan fingerprint density at radius 1 is 0.512 bits per heavy atom. The molecule has 0 amide bonds. The van der Waals surface area contributed by atoms with E-state index in [9.17, 15) is 20.4 Å². The van der Waals surface area contributed by atoms with Gasteiger partial charge in [-0.05, 0) is 56.8 Å². The fraction of sp³-hybridized carbons (Fsp3) is 0.793. The summed E-state index contributed by atoms with van der Waals surface area (Å²) in [7, 11) is 0. The topological polar surface area (TPSA) is 206 Å². The molecule has 0 aromatic carbocycles. The van der Waals surface area contributed by atoms with Crippen LogP contribution in [-0.2, 0) is 0 Å². The fourth-order valence-corrected chi connectivity index (χ4v) is 6.16. The molecule has 43 heavy (non-hydrogen) atoms. The van der Waals surface area contributed by atoms with Gasteiger partial charge in [0.2, 0.25) is 23.8 Å². The number of hydrogen-bond donors (Lipinski definition) is 8. The minimum Gasteiger partial charge on any atom is -0.394 e. The standard InChI is InChI=1S/C29H50N10O4/c1-5-17(12-40)30-26-34-24(35-27(38-26)31-18(6-2)13-41)22-10-16-9-21(22)23(11-16)25-36-28(32-19(7-3)14-42)39-29(37-25)33-20(8-4)15-43/h16-23,40-43H,5-15H2,1-4H3,(H2,30,31,34,35,38)(H2,32,33,36,37,39). The molecule has 2 fully saturated rings. The molecule has 0 spiro atoms. The minimum atomic E-state index is -0.186. The second kappa shape index (κ2) is 15.7. The van der Waals surface area contributed by atoms with Crippen molar-refractivity contribution >= 4 is 23.8 Å². The maximum absolute atomic E-state index is 9.78. The van der Waals surface area contributed by atoms with E-state index in [0.717, 1.165) is 19.3 Å². The molecule has 2 aliphatic rings. The zero-order valence-electron chi connectivity index (χ0n) is 25.9. The van der Waals surface area contributed by atoms with Crippen LogP contribution in [0.5, 0.6) is 0 Å². The maximum atomic E-state index is 9.78. The summed E-state index contributed by atoms with van der Waals surface area (Å²) in [6.07, 6.45) is 5.74. The smallest absolute Gasteiger partial charge is 0.228 e. The molecule has 4 rings (SSSR count). The first-order valence-corrected chi connectivity index (χ1v) is 15.9. The van der Waals surface area contributed by atoms with E-state index in [1.165, 1.54) is 0 Å². The van der Waals surface area contributed by atoms with Gasteiger partial charge in [0, 0.05) is 11.8 Å². The average Bonchev–Trinajstić information content (AvgIpc) is 3.65. The molecular weight excluding hydrogens is 552 g/mol. The van der Waals surface area contributed by atoms with Crippen LogP contribution in [0.1, 0.15) is 96.1 Å². The van der Waals surface area contributed by atoms with Crippen LogP contribution >= 0.6 is 0 Å². The second-order valence-electron chi connectivity index (χ2n) is 11.9. The summed E-state index contributed by atoms with van der Waals surface area (Å²) in [5.74, 6) is 3.77. The first-order chi connectivity index (χ1) is 20.9. The molecule has 240 valence electrons. The van der Waals surface area contributed by atoms with E-state index >= 15 is 0 Å². The van der Waals surface area contributed by atoms with Crippen LogP contribution in [0.3, 0.4) is 0 Å². The van der Waals surface area contributed by atoms with Crippen molar-refractivity contribution in [2.75, 3.05) is 47.7 Å². The van der Waals surface area contributed by atoms with Crippen LogP contribution in [0.25, 0.3) is 0 Å². The Morgan fingerprint density at radius 2 is 0.814 bits per heavy atom. The predicted octanol–water partition coefficient (Wildman–Crippen LogP) is 2.09. The van der Waals surface area contributed by atoms with Gasteiger partial charge in [-0.3, -0.25) is 0 Å². The molecule has 8 N–H and O–H groups in total. The van der Waals surface area contributed by atoms with Gasteiger partial charge >= 0.3 is 0 Å². The zero-order chi connectivity index (χ0) is 30.9. The maximum Gasteiger partial charge on any atom is 0.228 e. The van der Waals surface area contributed by atoms with Crippen molar-refractivity contribution in [2.45, 2.75) is 109 Å². The number of rotatable bonds is 18. The molecule has 14 nitrogen and oxygen atoms in total. The van der Waals surface area contributed by atoms with Gasteiger partial charge in [-0.1, -0.05) is 27.7 Å². The van der Waals surface area contributed by atoms with Crippen molar-refractivity contribution in [1.29, 1.82) is 0 Å². The number of hydrogen-bond acceptors (Lipinski definition) is 14. The van der Waals surface area contributed by atoms with Gasteiger partial charge in [-0.15, -0.1) is 0 Å². The third kappa shape index (κ3) is 8.16. The van der Waals surface area contributed by atoms with Crippen LogP contribution in [0, 0.1) is 11.8 Å². The molecule has 6 atom stereocenters. The van der Waals surface area contributed by atoms with Gasteiger partial charge < -0.3 is 41.7 Å². The molecular formula is C29H50N10O4. The SMILES string of the molecule is CCC(CO)Nc1nc(NC(CC)CO)nc(C2CC3CC(c4nc(NC(CC)CO)nc(NC(CC)CO)n4)C2C3)n1. The van der Waals surface area contributed by atoms with E-state index in [1.54, 1.807) is 0 Å². The van der Waals surface area contributed by atoms with Crippen molar-refractivity contribution in [3.8, 4) is 0 Å². The third-order valence-corrected chi connectivity index (χ3v) is 8.97. The number of nitrogens with zero attached hydrogens (tertiary/aromatic N) is 6. The van der Waals surface area contributed by atoms with Crippen molar-refractivity contribution in [3.63, 3.8) is 0 Å². The summed E-state index contributed by atoms with van der Waals surface area (Å²) in [6, 6.07) is -0.743. The summed E-state index contributed by atoms with van der Waals surface area (Å²) in [5, 5.41) is 52.1. The van der Waals surface area contributed by atoms with Crippen LogP contribution in [0.15, 0.2) is 0 Å². The van der Waals surface area contributed by atoms with Gasteiger partial charge in [0.05, 0.1) is 50.6 Å². The highest BCUT2D eigenvalue weighted by Crippen LogP contribution is 2.58. The average molecular weight is 603 g/mol. The van der Waals surface area contributed by atoms with Crippen molar-refractivity contribution < 1.29 is 20.4 Å². The van der Waals surface area contributed by atoms with E-state index in [1.807, 2.05) is 27.7 Å². The summed E-state index contributed by atoms with van der Waals surface area (Å²) in [4.78, 5) is 28.5. The Morgan fingerprint density at radius 3 is 1.05 bits per heavy atom. The zero-order valence-corrected chi connectivity index (χ0v) is 25.9. The molecule has 2 heterocycles. The number of fused-ring (bicyclic) bond motifs is 2. The normalized spacial score (nSPS) is 23.9. The Bertz CT molecular complexity index is 994. The van der Waals surface area contributed by atoms with Gasteiger partial charge in [-0.25, -0.2) is 0 Å². The number of anilines is 4. The third-order valence-electron chi connectivity index (χ3n) is 8.97. The van der Waals surface area contributed by atoms with Crippen LogP contribution in [0.2, 0.25) is 0 Å². The molecule has 2 saturated carbocycles. The highest BCUT2D eigenvalue weighted by atomic mass is 16.3. The number of nitrogens with one attached hydrogen (secondary N) is 4. The first kappa shape index (κ1) is 33.0. The molecule has 0 radical (unpaired) electrons. The molecule has 2 aromatic rings. The lowest BCUT2D eigenvalue weighted by Crippen LogP contribution is -2.29. The molecule has 14 heteroatoms. The van der Waals surface area contributed by atoms with E-state index < -0.39 is 0 Å². The Labute approximate surface area is 254 Å². The largest absolute Gasteiger partial charge is 0.394 e. The molecule has 2 bridgehead atoms. The highest BCUT2D eigenvalue weighted by Gasteiger charge is 2.50. The summed E-state index contributed by atoms with van der Waals surface area (Å²) in [6.45, 7) is 7.79. The van der Waals surface area contributed by atoms with Crippen molar-refractivity contribution in [2.24, 2.45) is 11.8 Å². The lowest BCUT2D eigenvalue weighted by molar-refractivity contribution is 0.270. The Hall–Kier alpha value is -2.94. The molecule has 2 aliphatic carbocycles. The minimum absolute atomic E-state index is 0.0405.